The average molecular weight is 244 g/mol. The van der Waals surface area contributed by atoms with Crippen molar-refractivity contribution in [1.29, 1.82) is 0 Å². The predicted molar refractivity (Wildman–Crippen MR) is 51.0 cm³/mol. The zero-order chi connectivity index (χ0) is 10.9. The Morgan fingerprint density at radius 3 is 2.50 bits per heavy atom. The second-order valence-corrected chi connectivity index (χ2v) is 5.73. The van der Waals surface area contributed by atoms with Gasteiger partial charge in [0.15, 0.2) is 0 Å². The van der Waals surface area contributed by atoms with Gasteiger partial charge >= 0.3 is 6.72 Å². The molecule has 1 aliphatic rings. The number of rotatable bonds is 3. The summed E-state index contributed by atoms with van der Waals surface area (Å²) in [5.41, 5.74) is 0. The summed E-state index contributed by atoms with van der Waals surface area (Å²) in [6.07, 6.45) is -3.31. The molecule has 14 heavy (non-hydrogen) atoms. The Bertz CT molecular complexity index is 242. The zero-order valence-corrected chi connectivity index (χ0v) is 9.19. The maximum Gasteiger partial charge on any atom is 0.322 e. The van der Waals surface area contributed by atoms with Gasteiger partial charge in [0.2, 0.25) is 0 Å². The summed E-state index contributed by atoms with van der Waals surface area (Å²) in [5, 5.41) is 18.4. The van der Waals surface area contributed by atoms with E-state index in [0.717, 1.165) is 0 Å². The minimum absolute atomic E-state index is 0.374. The lowest BCUT2D eigenvalue weighted by molar-refractivity contribution is -0.0133. The van der Waals surface area contributed by atoms with Crippen molar-refractivity contribution < 1.29 is 29.3 Å². The van der Waals surface area contributed by atoms with Crippen molar-refractivity contribution in [3.8, 4) is 0 Å². The standard InChI is InChI=1S/C6H13O6PS/c1-3-5(8)6(4(2-7)11-3)12-13(9,10)14/h3-8H,2H2,1H3,(H2,9,10,14)/t3-,4+,5+,6?/m0/s1. The lowest BCUT2D eigenvalue weighted by Gasteiger charge is -2.21. The molecule has 1 saturated heterocycles. The molecule has 0 aromatic rings. The first-order valence-electron chi connectivity index (χ1n) is 4.03. The molecule has 0 radical (unpaired) electrons. The normalized spacial score (nSPS) is 38.9. The van der Waals surface area contributed by atoms with Crippen molar-refractivity contribution in [2.75, 3.05) is 6.61 Å². The van der Waals surface area contributed by atoms with Gasteiger partial charge in [-0.3, -0.25) is 4.52 Å². The minimum atomic E-state index is -3.85. The first kappa shape index (κ1) is 12.5. The molecular weight excluding hydrogens is 231 g/mol. The highest BCUT2D eigenvalue weighted by atomic mass is 32.5. The number of aliphatic hydroxyl groups is 2. The largest absolute Gasteiger partial charge is 0.394 e. The highest BCUT2D eigenvalue weighted by Gasteiger charge is 2.44. The van der Waals surface area contributed by atoms with E-state index in [1.165, 1.54) is 0 Å². The van der Waals surface area contributed by atoms with Crippen LogP contribution >= 0.6 is 6.72 Å². The number of hydrogen-bond acceptors (Lipinski definition) is 5. The number of aliphatic hydroxyl groups excluding tert-OH is 2. The molecule has 1 aliphatic heterocycles. The molecule has 1 fully saturated rings. The molecule has 1 heterocycles. The van der Waals surface area contributed by atoms with E-state index >= 15 is 0 Å². The minimum Gasteiger partial charge on any atom is -0.394 e. The first-order chi connectivity index (χ1) is 6.35. The molecule has 1 unspecified atom stereocenters. The Morgan fingerprint density at radius 2 is 2.07 bits per heavy atom. The van der Waals surface area contributed by atoms with Gasteiger partial charge in [-0.05, 0) is 18.7 Å². The summed E-state index contributed by atoms with van der Waals surface area (Å²) in [5.74, 6) is 0. The third kappa shape index (κ3) is 2.95. The van der Waals surface area contributed by atoms with Gasteiger partial charge in [-0.1, -0.05) is 0 Å². The molecule has 0 amide bonds. The Balaban J connectivity index is 2.69. The summed E-state index contributed by atoms with van der Waals surface area (Å²) in [7, 11) is 0. The maximum absolute atomic E-state index is 9.51. The van der Waals surface area contributed by atoms with E-state index in [-0.39, 0.29) is 6.61 Å². The van der Waals surface area contributed by atoms with Crippen LogP contribution in [0.25, 0.3) is 0 Å². The van der Waals surface area contributed by atoms with E-state index in [1.54, 1.807) is 6.92 Å². The van der Waals surface area contributed by atoms with Crippen LogP contribution in [0.5, 0.6) is 0 Å². The monoisotopic (exact) mass is 244 g/mol. The SMILES string of the molecule is C[C@@H]1O[C@H](CO)C(OP(O)(O)=S)[C@@H]1O. The summed E-state index contributed by atoms with van der Waals surface area (Å²) < 4.78 is 9.79. The van der Waals surface area contributed by atoms with E-state index in [2.05, 4.69) is 16.3 Å². The number of ether oxygens (including phenoxy) is 1. The average Bonchev–Trinajstić information content (AvgIpc) is 2.30. The van der Waals surface area contributed by atoms with Gasteiger partial charge in [-0.25, -0.2) is 0 Å². The lowest BCUT2D eigenvalue weighted by Crippen LogP contribution is -2.35. The van der Waals surface area contributed by atoms with E-state index in [9.17, 15) is 5.11 Å². The van der Waals surface area contributed by atoms with Crippen LogP contribution in [0.1, 0.15) is 6.92 Å². The quantitative estimate of drug-likeness (QED) is 0.459. The molecule has 1 rings (SSSR count). The van der Waals surface area contributed by atoms with Gasteiger partial charge in [-0.15, -0.1) is 0 Å². The van der Waals surface area contributed by atoms with Crippen LogP contribution in [0.15, 0.2) is 0 Å². The van der Waals surface area contributed by atoms with E-state index in [4.69, 9.17) is 19.6 Å². The summed E-state index contributed by atoms with van der Waals surface area (Å²) in [6, 6.07) is 0. The van der Waals surface area contributed by atoms with Crippen LogP contribution in [-0.2, 0) is 21.1 Å². The molecule has 4 atom stereocenters. The Morgan fingerprint density at radius 1 is 1.50 bits per heavy atom. The fraction of sp³-hybridized carbons (Fsp3) is 1.00. The van der Waals surface area contributed by atoms with Gasteiger partial charge < -0.3 is 24.7 Å². The third-order valence-electron chi connectivity index (χ3n) is 2.01. The molecule has 0 bridgehead atoms. The van der Waals surface area contributed by atoms with Gasteiger partial charge in [0.05, 0.1) is 12.7 Å². The van der Waals surface area contributed by atoms with E-state index < -0.39 is 31.1 Å². The molecule has 8 heteroatoms. The molecule has 6 nitrogen and oxygen atoms in total. The van der Waals surface area contributed by atoms with E-state index in [0.29, 0.717) is 0 Å². The van der Waals surface area contributed by atoms with Gasteiger partial charge in [0.25, 0.3) is 0 Å². The summed E-state index contributed by atoms with van der Waals surface area (Å²) >= 11 is 4.27. The molecule has 4 N–H and O–H groups in total. The predicted octanol–water partition coefficient (Wildman–Crippen LogP) is -1.28. The second-order valence-electron chi connectivity index (χ2n) is 3.11. The van der Waals surface area contributed by atoms with Crippen molar-refractivity contribution in [3.63, 3.8) is 0 Å². The van der Waals surface area contributed by atoms with Gasteiger partial charge in [0, 0.05) is 0 Å². The van der Waals surface area contributed by atoms with Gasteiger partial charge in [0.1, 0.15) is 18.3 Å². The Labute approximate surface area is 86.3 Å². The molecule has 0 aliphatic carbocycles. The summed E-state index contributed by atoms with van der Waals surface area (Å²) in [4.78, 5) is 17.8. The Hall–Kier alpha value is 0.410. The smallest absolute Gasteiger partial charge is 0.322 e. The second kappa shape index (κ2) is 4.51. The highest BCUT2D eigenvalue weighted by Crippen LogP contribution is 2.42. The maximum atomic E-state index is 9.51. The molecular formula is C6H13O6PS. The van der Waals surface area contributed by atoms with Crippen molar-refractivity contribution in [1.82, 2.24) is 0 Å². The van der Waals surface area contributed by atoms with Gasteiger partial charge in [-0.2, -0.15) is 0 Å². The fourth-order valence-corrected chi connectivity index (χ4v) is 2.23. The van der Waals surface area contributed by atoms with E-state index in [1.807, 2.05) is 0 Å². The van der Waals surface area contributed by atoms with Crippen LogP contribution in [0, 0.1) is 0 Å². The van der Waals surface area contributed by atoms with Crippen molar-refractivity contribution >= 4 is 18.5 Å². The van der Waals surface area contributed by atoms with Crippen LogP contribution in [-0.4, -0.2) is 51.0 Å². The fourth-order valence-electron chi connectivity index (χ4n) is 1.36. The third-order valence-corrected chi connectivity index (χ3v) is 2.79. The number of hydrogen-bond donors (Lipinski definition) is 4. The zero-order valence-electron chi connectivity index (χ0n) is 7.48. The van der Waals surface area contributed by atoms with Crippen LogP contribution in [0.4, 0.5) is 0 Å². The highest BCUT2D eigenvalue weighted by molar-refractivity contribution is 8.06. The molecule has 0 saturated carbocycles. The molecule has 0 spiro atoms. The van der Waals surface area contributed by atoms with Crippen LogP contribution < -0.4 is 0 Å². The first-order valence-corrected chi connectivity index (χ1v) is 6.66. The lowest BCUT2D eigenvalue weighted by atomic mass is 10.1. The van der Waals surface area contributed by atoms with Crippen molar-refractivity contribution in [2.24, 2.45) is 0 Å². The van der Waals surface area contributed by atoms with Crippen LogP contribution in [0.2, 0.25) is 0 Å². The molecule has 0 aromatic heterocycles. The topological polar surface area (TPSA) is 99.4 Å². The molecule has 0 aromatic carbocycles. The van der Waals surface area contributed by atoms with Crippen molar-refractivity contribution in [3.05, 3.63) is 0 Å². The van der Waals surface area contributed by atoms with Crippen molar-refractivity contribution in [2.45, 2.75) is 31.3 Å². The molecule has 84 valence electrons. The summed E-state index contributed by atoms with van der Waals surface area (Å²) in [6.45, 7) is -2.63. The Kier molecular flexibility index (Phi) is 4.02. The van der Waals surface area contributed by atoms with Crippen LogP contribution in [0.3, 0.4) is 0 Å².